The Bertz CT molecular complexity index is 361. The Morgan fingerprint density at radius 3 is 2.33 bits per heavy atom. The fourth-order valence-electron chi connectivity index (χ4n) is 2.86. The van der Waals surface area contributed by atoms with E-state index in [4.69, 9.17) is 4.74 Å². The molecule has 2 heteroatoms. The number of aryl methyl sites for hydroxylation is 1. The molecule has 0 aromatic heterocycles. The first kappa shape index (κ1) is 13.6. The van der Waals surface area contributed by atoms with Crippen LogP contribution < -0.4 is 0 Å². The van der Waals surface area contributed by atoms with Crippen molar-refractivity contribution in [3.05, 3.63) is 35.4 Å². The van der Waals surface area contributed by atoms with Crippen LogP contribution in [0.3, 0.4) is 0 Å². The van der Waals surface area contributed by atoms with Crippen LogP contribution in [0.1, 0.15) is 50.2 Å². The van der Waals surface area contributed by atoms with Gasteiger partial charge in [0.15, 0.2) is 0 Å². The number of hydrogen-bond donors (Lipinski definition) is 1. The van der Waals surface area contributed by atoms with Gasteiger partial charge in [-0.05, 0) is 43.2 Å². The Morgan fingerprint density at radius 2 is 1.83 bits per heavy atom. The molecule has 0 saturated heterocycles. The molecule has 0 heterocycles. The summed E-state index contributed by atoms with van der Waals surface area (Å²) in [5, 5.41) is 10.7. The van der Waals surface area contributed by atoms with Crippen molar-refractivity contribution in [1.82, 2.24) is 0 Å². The molecule has 1 aromatic carbocycles. The van der Waals surface area contributed by atoms with Gasteiger partial charge in [-0.3, -0.25) is 0 Å². The molecule has 1 aromatic rings. The third-order valence-corrected chi connectivity index (χ3v) is 4.12. The zero-order chi connectivity index (χ0) is 13.0. The number of aliphatic hydroxyl groups is 1. The molecule has 1 saturated carbocycles. The first-order valence-corrected chi connectivity index (χ1v) is 7.02. The lowest BCUT2D eigenvalue weighted by Gasteiger charge is -2.36. The lowest BCUT2D eigenvalue weighted by Crippen LogP contribution is -2.33. The molecule has 1 aliphatic rings. The summed E-state index contributed by atoms with van der Waals surface area (Å²) in [5.74, 6) is 0. The second-order valence-corrected chi connectivity index (χ2v) is 5.41. The van der Waals surface area contributed by atoms with Crippen molar-refractivity contribution in [1.29, 1.82) is 0 Å². The van der Waals surface area contributed by atoms with Gasteiger partial charge >= 0.3 is 0 Å². The monoisotopic (exact) mass is 248 g/mol. The SMILES string of the molecule is CCCc1ccc(C2(O)CCC(OC)CC2)cc1. The van der Waals surface area contributed by atoms with Gasteiger partial charge in [-0.25, -0.2) is 0 Å². The van der Waals surface area contributed by atoms with E-state index in [1.54, 1.807) is 7.11 Å². The number of methoxy groups -OCH3 is 1. The van der Waals surface area contributed by atoms with Crippen molar-refractivity contribution in [2.45, 2.75) is 57.2 Å². The van der Waals surface area contributed by atoms with Crippen LogP contribution in [0.5, 0.6) is 0 Å². The zero-order valence-corrected chi connectivity index (χ0v) is 11.5. The summed E-state index contributed by atoms with van der Waals surface area (Å²) in [6.07, 6.45) is 6.11. The molecular weight excluding hydrogens is 224 g/mol. The van der Waals surface area contributed by atoms with Gasteiger partial charge in [0.05, 0.1) is 11.7 Å². The smallest absolute Gasteiger partial charge is 0.0898 e. The van der Waals surface area contributed by atoms with Gasteiger partial charge in [0, 0.05) is 7.11 Å². The van der Waals surface area contributed by atoms with Crippen LogP contribution in [0.15, 0.2) is 24.3 Å². The van der Waals surface area contributed by atoms with Gasteiger partial charge in [-0.15, -0.1) is 0 Å². The molecule has 1 aliphatic carbocycles. The summed E-state index contributed by atoms with van der Waals surface area (Å²) in [5.41, 5.74) is 1.78. The highest BCUT2D eigenvalue weighted by Crippen LogP contribution is 2.37. The van der Waals surface area contributed by atoms with E-state index < -0.39 is 5.60 Å². The maximum atomic E-state index is 10.7. The van der Waals surface area contributed by atoms with Crippen LogP contribution in [0.2, 0.25) is 0 Å². The molecule has 0 atom stereocenters. The van der Waals surface area contributed by atoms with Crippen molar-refractivity contribution in [2.24, 2.45) is 0 Å². The van der Waals surface area contributed by atoms with Gasteiger partial charge in [0.1, 0.15) is 0 Å². The van der Waals surface area contributed by atoms with Crippen LogP contribution in [0.25, 0.3) is 0 Å². The van der Waals surface area contributed by atoms with E-state index in [0.717, 1.165) is 37.7 Å². The van der Waals surface area contributed by atoms with Crippen LogP contribution >= 0.6 is 0 Å². The highest BCUT2D eigenvalue weighted by Gasteiger charge is 2.34. The number of benzene rings is 1. The molecule has 100 valence electrons. The van der Waals surface area contributed by atoms with Gasteiger partial charge < -0.3 is 9.84 Å². The topological polar surface area (TPSA) is 29.5 Å². The van der Waals surface area contributed by atoms with Crippen LogP contribution in [-0.2, 0) is 16.8 Å². The van der Waals surface area contributed by atoms with Crippen molar-refractivity contribution < 1.29 is 9.84 Å². The Kier molecular flexibility index (Phi) is 4.41. The van der Waals surface area contributed by atoms with Crippen molar-refractivity contribution in [3.8, 4) is 0 Å². The maximum Gasteiger partial charge on any atom is 0.0898 e. The second kappa shape index (κ2) is 5.85. The van der Waals surface area contributed by atoms with Crippen molar-refractivity contribution in [3.63, 3.8) is 0 Å². The first-order valence-electron chi connectivity index (χ1n) is 7.02. The minimum absolute atomic E-state index is 0.324. The summed E-state index contributed by atoms with van der Waals surface area (Å²) in [7, 11) is 1.76. The lowest BCUT2D eigenvalue weighted by molar-refractivity contribution is -0.0474. The van der Waals surface area contributed by atoms with Gasteiger partial charge in [-0.2, -0.15) is 0 Å². The fraction of sp³-hybridized carbons (Fsp3) is 0.625. The average molecular weight is 248 g/mol. The van der Waals surface area contributed by atoms with E-state index in [1.165, 1.54) is 12.0 Å². The quantitative estimate of drug-likeness (QED) is 0.884. The van der Waals surface area contributed by atoms with E-state index in [-0.39, 0.29) is 0 Å². The summed E-state index contributed by atoms with van der Waals surface area (Å²) in [6, 6.07) is 8.49. The predicted octanol–water partition coefficient (Wildman–Crippen LogP) is 3.42. The van der Waals surface area contributed by atoms with Crippen molar-refractivity contribution in [2.75, 3.05) is 7.11 Å². The highest BCUT2D eigenvalue weighted by molar-refractivity contribution is 5.27. The maximum absolute atomic E-state index is 10.7. The first-order chi connectivity index (χ1) is 8.68. The molecule has 0 radical (unpaired) electrons. The molecule has 2 nitrogen and oxygen atoms in total. The second-order valence-electron chi connectivity index (χ2n) is 5.41. The number of ether oxygens (including phenoxy) is 1. The fourth-order valence-corrected chi connectivity index (χ4v) is 2.86. The molecule has 0 aliphatic heterocycles. The number of hydrogen-bond acceptors (Lipinski definition) is 2. The van der Waals surface area contributed by atoms with E-state index in [1.807, 2.05) is 0 Å². The van der Waals surface area contributed by atoms with Gasteiger partial charge in [0.2, 0.25) is 0 Å². The van der Waals surface area contributed by atoms with Crippen LogP contribution in [-0.4, -0.2) is 18.3 Å². The Morgan fingerprint density at radius 1 is 1.22 bits per heavy atom. The van der Waals surface area contributed by atoms with Gasteiger partial charge in [0.25, 0.3) is 0 Å². The summed E-state index contributed by atoms with van der Waals surface area (Å²) in [6.45, 7) is 2.19. The summed E-state index contributed by atoms with van der Waals surface area (Å²) < 4.78 is 5.36. The predicted molar refractivity (Wildman–Crippen MR) is 73.6 cm³/mol. The van der Waals surface area contributed by atoms with E-state index >= 15 is 0 Å². The summed E-state index contributed by atoms with van der Waals surface area (Å²) >= 11 is 0. The third-order valence-electron chi connectivity index (χ3n) is 4.12. The normalized spacial score (nSPS) is 28.3. The van der Waals surface area contributed by atoms with Crippen molar-refractivity contribution >= 4 is 0 Å². The van der Waals surface area contributed by atoms with Gasteiger partial charge in [-0.1, -0.05) is 37.6 Å². The van der Waals surface area contributed by atoms with E-state index in [0.29, 0.717) is 6.10 Å². The molecule has 0 spiro atoms. The molecule has 1 fully saturated rings. The number of rotatable bonds is 4. The summed E-state index contributed by atoms with van der Waals surface area (Å²) in [4.78, 5) is 0. The molecule has 18 heavy (non-hydrogen) atoms. The Balaban J connectivity index is 2.06. The minimum Gasteiger partial charge on any atom is -0.385 e. The van der Waals surface area contributed by atoms with E-state index in [9.17, 15) is 5.11 Å². The highest BCUT2D eigenvalue weighted by atomic mass is 16.5. The van der Waals surface area contributed by atoms with Crippen LogP contribution in [0.4, 0.5) is 0 Å². The standard InChI is InChI=1S/C16H24O2/c1-3-4-13-5-7-14(8-6-13)16(17)11-9-15(18-2)10-12-16/h5-8,15,17H,3-4,9-12H2,1-2H3. The van der Waals surface area contributed by atoms with E-state index in [2.05, 4.69) is 31.2 Å². The average Bonchev–Trinajstić information content (AvgIpc) is 2.41. The van der Waals surface area contributed by atoms with Crippen LogP contribution in [0, 0.1) is 0 Å². The molecule has 0 bridgehead atoms. The lowest BCUT2D eigenvalue weighted by atomic mass is 9.78. The third kappa shape index (κ3) is 2.93. The minimum atomic E-state index is -0.639. The molecule has 0 unspecified atom stereocenters. The zero-order valence-electron chi connectivity index (χ0n) is 11.5. The Hall–Kier alpha value is -0.860. The Labute approximate surface area is 110 Å². The molecule has 0 amide bonds. The molecule has 1 N–H and O–H groups in total. The molecule has 2 rings (SSSR count). The largest absolute Gasteiger partial charge is 0.385 e. The molecular formula is C16H24O2.